The lowest BCUT2D eigenvalue weighted by Crippen LogP contribution is -2.29. The first-order chi connectivity index (χ1) is 17.3. The topological polar surface area (TPSA) is 108 Å². The van der Waals surface area contributed by atoms with E-state index in [2.05, 4.69) is 9.97 Å². The normalized spacial score (nSPS) is 17.5. The molecule has 10 heteroatoms. The Labute approximate surface area is 213 Å². The van der Waals surface area contributed by atoms with Crippen LogP contribution < -0.4 is 4.90 Å². The van der Waals surface area contributed by atoms with Crippen molar-refractivity contribution in [2.75, 3.05) is 4.90 Å². The maximum Gasteiger partial charge on any atom is 0.301 e. The number of phenolic OH excluding ortho intramolecular Hbond substituents is 1. The molecule has 0 radical (unpaired) electrons. The van der Waals surface area contributed by atoms with Crippen LogP contribution in [0, 0.1) is 6.92 Å². The predicted octanol–water partition coefficient (Wildman–Crippen LogP) is 5.24. The number of rotatable bonds is 3. The fourth-order valence-corrected chi connectivity index (χ4v) is 5.79. The smallest absolute Gasteiger partial charge is 0.301 e. The number of phenols is 1. The number of nitrogens with zero attached hydrogens (tertiary/aromatic N) is 4. The summed E-state index contributed by atoms with van der Waals surface area (Å²) in [6, 6.07) is 15.7. The number of carbonyl (C=O) groups is 2. The minimum Gasteiger partial charge on any atom is -0.508 e. The van der Waals surface area contributed by atoms with Crippen molar-refractivity contribution in [3.8, 4) is 5.75 Å². The number of carbonyl (C=O) groups excluding carboxylic acids is 2. The highest BCUT2D eigenvalue weighted by atomic mass is 35.5. The summed E-state index contributed by atoms with van der Waals surface area (Å²) in [5.41, 5.74) is 2.49. The first-order valence-corrected chi connectivity index (χ1v) is 12.1. The molecule has 1 aliphatic heterocycles. The van der Waals surface area contributed by atoms with Gasteiger partial charge in [-0.15, -0.1) is 0 Å². The van der Waals surface area contributed by atoms with Crippen LogP contribution in [0.25, 0.3) is 21.6 Å². The van der Waals surface area contributed by atoms with Gasteiger partial charge in [-0.25, -0.2) is 9.97 Å². The summed E-state index contributed by atoms with van der Waals surface area (Å²) in [6.45, 7) is 1.73. The van der Waals surface area contributed by atoms with Crippen molar-refractivity contribution in [3.05, 3.63) is 94.4 Å². The highest BCUT2D eigenvalue weighted by molar-refractivity contribution is 7.22. The van der Waals surface area contributed by atoms with Crippen molar-refractivity contribution in [2.24, 2.45) is 0 Å². The Morgan fingerprint density at radius 1 is 1.06 bits per heavy atom. The molecule has 8 nitrogen and oxygen atoms in total. The molecule has 0 saturated carbocycles. The number of amides is 1. The molecular weight excluding hydrogens is 500 g/mol. The van der Waals surface area contributed by atoms with Gasteiger partial charge in [0.15, 0.2) is 10.9 Å². The van der Waals surface area contributed by atoms with Gasteiger partial charge in [0.1, 0.15) is 17.1 Å². The van der Waals surface area contributed by atoms with Crippen LogP contribution in [0.15, 0.2) is 72.4 Å². The molecule has 1 amide bonds. The SMILES string of the molecule is Cc1nc2ccccn2c1C(O)=C1C(=O)C(=O)N(c2nc3ccc(Cl)cc3s2)C1c1ccc(O)cc1. The van der Waals surface area contributed by atoms with Crippen molar-refractivity contribution in [3.63, 3.8) is 0 Å². The van der Waals surface area contributed by atoms with Gasteiger partial charge in [0.2, 0.25) is 0 Å². The largest absolute Gasteiger partial charge is 0.508 e. The molecule has 178 valence electrons. The molecule has 0 spiro atoms. The van der Waals surface area contributed by atoms with Crippen molar-refractivity contribution < 1.29 is 19.8 Å². The minimum absolute atomic E-state index is 0.0305. The van der Waals surface area contributed by atoms with E-state index in [1.807, 2.05) is 6.07 Å². The van der Waals surface area contributed by atoms with Crippen LogP contribution in [0.5, 0.6) is 5.75 Å². The average molecular weight is 517 g/mol. The molecule has 0 bridgehead atoms. The fraction of sp³-hybridized carbons (Fsp3) is 0.0769. The van der Waals surface area contributed by atoms with Gasteiger partial charge in [0.05, 0.1) is 27.5 Å². The maximum absolute atomic E-state index is 13.5. The number of imidazole rings is 1. The Morgan fingerprint density at radius 2 is 1.83 bits per heavy atom. The highest BCUT2D eigenvalue weighted by Crippen LogP contribution is 2.45. The number of anilines is 1. The van der Waals surface area contributed by atoms with Crippen LogP contribution in [0.2, 0.25) is 5.02 Å². The lowest BCUT2D eigenvalue weighted by atomic mass is 9.96. The quantitative estimate of drug-likeness (QED) is 0.193. The Hall–Kier alpha value is -4.21. The standard InChI is InChI=1S/C26H17ClN4O4S/c1-13-21(30-11-3-2-4-19(30)28-13)23(33)20-22(14-5-8-16(32)9-6-14)31(25(35)24(20)34)26-29-17-10-7-15(27)12-18(17)36-26/h2-12,22,32-33H,1H3. The summed E-state index contributed by atoms with van der Waals surface area (Å²) >= 11 is 7.35. The number of hydrogen-bond donors (Lipinski definition) is 2. The predicted molar refractivity (Wildman–Crippen MR) is 137 cm³/mol. The van der Waals surface area contributed by atoms with Gasteiger partial charge < -0.3 is 10.2 Å². The molecule has 36 heavy (non-hydrogen) atoms. The maximum atomic E-state index is 13.5. The van der Waals surface area contributed by atoms with Crippen LogP contribution in [0.3, 0.4) is 0 Å². The number of Topliss-reactive ketones (excluding diaryl/α,β-unsaturated/α-hetero) is 1. The third-order valence-corrected chi connectivity index (χ3v) is 7.38. The lowest BCUT2D eigenvalue weighted by molar-refractivity contribution is -0.132. The zero-order valence-corrected chi connectivity index (χ0v) is 20.3. The first-order valence-electron chi connectivity index (χ1n) is 10.9. The summed E-state index contributed by atoms with van der Waals surface area (Å²) in [7, 11) is 0. The zero-order chi connectivity index (χ0) is 25.1. The summed E-state index contributed by atoms with van der Waals surface area (Å²) in [5.74, 6) is -1.96. The molecule has 1 aliphatic rings. The fourth-order valence-electron chi connectivity index (χ4n) is 4.52. The molecule has 1 fully saturated rings. The monoisotopic (exact) mass is 516 g/mol. The third kappa shape index (κ3) is 3.35. The van der Waals surface area contributed by atoms with Crippen LogP contribution >= 0.6 is 22.9 Å². The Bertz CT molecular complexity index is 1740. The van der Waals surface area contributed by atoms with Gasteiger partial charge >= 0.3 is 5.91 Å². The van der Waals surface area contributed by atoms with E-state index in [1.165, 1.54) is 28.4 Å². The van der Waals surface area contributed by atoms with Crippen molar-refractivity contribution in [1.82, 2.24) is 14.4 Å². The molecule has 4 heterocycles. The number of fused-ring (bicyclic) bond motifs is 2. The second kappa shape index (κ2) is 8.18. The molecule has 2 N–H and O–H groups in total. The summed E-state index contributed by atoms with van der Waals surface area (Å²) < 4.78 is 2.42. The molecule has 1 unspecified atom stereocenters. The number of pyridine rings is 1. The molecule has 3 aromatic heterocycles. The summed E-state index contributed by atoms with van der Waals surface area (Å²) in [5, 5.41) is 22.2. The molecule has 1 atom stereocenters. The van der Waals surface area contributed by atoms with Gasteiger partial charge in [-0.05, 0) is 55.0 Å². The van der Waals surface area contributed by atoms with E-state index in [-0.39, 0.29) is 17.1 Å². The molecular formula is C26H17ClN4O4S. The van der Waals surface area contributed by atoms with E-state index >= 15 is 0 Å². The van der Waals surface area contributed by atoms with E-state index in [0.717, 1.165) is 4.70 Å². The van der Waals surface area contributed by atoms with Crippen molar-refractivity contribution in [2.45, 2.75) is 13.0 Å². The van der Waals surface area contributed by atoms with E-state index in [4.69, 9.17) is 11.6 Å². The van der Waals surface area contributed by atoms with E-state index in [1.54, 1.807) is 60.0 Å². The molecule has 5 aromatic rings. The Balaban J connectivity index is 1.61. The van der Waals surface area contributed by atoms with E-state index in [0.29, 0.717) is 38.3 Å². The van der Waals surface area contributed by atoms with Gasteiger partial charge in [0.25, 0.3) is 5.78 Å². The van der Waals surface area contributed by atoms with Gasteiger partial charge in [-0.1, -0.05) is 41.1 Å². The number of halogens is 1. The molecule has 2 aromatic carbocycles. The molecule has 6 rings (SSSR count). The number of aryl methyl sites for hydroxylation is 1. The molecule has 1 saturated heterocycles. The highest BCUT2D eigenvalue weighted by Gasteiger charge is 2.48. The first kappa shape index (κ1) is 22.3. The van der Waals surface area contributed by atoms with Crippen LogP contribution in [-0.4, -0.2) is 36.3 Å². The summed E-state index contributed by atoms with van der Waals surface area (Å²) in [6.07, 6.45) is 1.73. The Morgan fingerprint density at radius 3 is 2.61 bits per heavy atom. The second-order valence-electron chi connectivity index (χ2n) is 8.34. The Kier molecular flexibility index (Phi) is 5.06. The van der Waals surface area contributed by atoms with E-state index in [9.17, 15) is 19.8 Å². The van der Waals surface area contributed by atoms with E-state index < -0.39 is 17.7 Å². The molecule has 0 aliphatic carbocycles. The number of thiazole rings is 1. The second-order valence-corrected chi connectivity index (χ2v) is 9.79. The van der Waals surface area contributed by atoms with Crippen LogP contribution in [-0.2, 0) is 9.59 Å². The van der Waals surface area contributed by atoms with Crippen LogP contribution in [0.4, 0.5) is 5.13 Å². The van der Waals surface area contributed by atoms with Crippen molar-refractivity contribution in [1.29, 1.82) is 0 Å². The number of ketones is 1. The summed E-state index contributed by atoms with van der Waals surface area (Å²) in [4.78, 5) is 37.2. The number of aliphatic hydroxyl groups excluding tert-OH is 1. The number of benzene rings is 2. The number of hydrogen-bond acceptors (Lipinski definition) is 7. The third-order valence-electron chi connectivity index (χ3n) is 6.13. The van der Waals surface area contributed by atoms with Gasteiger partial charge in [-0.2, -0.15) is 0 Å². The number of aromatic hydroxyl groups is 1. The van der Waals surface area contributed by atoms with Gasteiger partial charge in [0, 0.05) is 11.2 Å². The van der Waals surface area contributed by atoms with Gasteiger partial charge in [-0.3, -0.25) is 18.9 Å². The number of aliphatic hydroxyl groups is 1. The van der Waals surface area contributed by atoms with Crippen LogP contribution in [0.1, 0.15) is 23.0 Å². The minimum atomic E-state index is -0.977. The lowest BCUT2D eigenvalue weighted by Gasteiger charge is -2.23. The van der Waals surface area contributed by atoms with Crippen molar-refractivity contribution >= 4 is 61.4 Å². The average Bonchev–Trinajstić information content (AvgIpc) is 3.50. The number of aromatic nitrogens is 3. The zero-order valence-electron chi connectivity index (χ0n) is 18.7.